The first-order valence-corrected chi connectivity index (χ1v) is 7.12. The third-order valence-electron chi connectivity index (χ3n) is 2.39. The molecule has 2 aromatic rings. The fourth-order valence-electron chi connectivity index (χ4n) is 1.50. The minimum absolute atomic E-state index is 0.518. The molecule has 2 rings (SSSR count). The standard InChI is InChI=1S/C13H9BrCl3N/c14-9-3-1-8(2-4-9)7-18-13-11(16)5-10(15)6-12(13)17/h1-6,18H,7H2. The topological polar surface area (TPSA) is 12.0 Å². The highest BCUT2D eigenvalue weighted by Gasteiger charge is 2.07. The van der Waals surface area contributed by atoms with E-state index in [2.05, 4.69) is 21.2 Å². The van der Waals surface area contributed by atoms with Gasteiger partial charge in [0.1, 0.15) is 0 Å². The second-order valence-corrected chi connectivity index (χ2v) is 5.89. The van der Waals surface area contributed by atoms with E-state index in [-0.39, 0.29) is 0 Å². The van der Waals surface area contributed by atoms with Crippen LogP contribution in [0.5, 0.6) is 0 Å². The monoisotopic (exact) mass is 363 g/mol. The zero-order valence-corrected chi connectivity index (χ0v) is 13.0. The summed E-state index contributed by atoms with van der Waals surface area (Å²) in [6.45, 7) is 0.647. The summed E-state index contributed by atoms with van der Waals surface area (Å²) in [7, 11) is 0. The smallest absolute Gasteiger partial charge is 0.0722 e. The van der Waals surface area contributed by atoms with E-state index in [0.29, 0.717) is 27.3 Å². The van der Waals surface area contributed by atoms with Crippen LogP contribution in [0, 0.1) is 0 Å². The highest BCUT2D eigenvalue weighted by molar-refractivity contribution is 9.10. The lowest BCUT2D eigenvalue weighted by Gasteiger charge is -2.11. The second-order valence-electron chi connectivity index (χ2n) is 3.72. The third-order valence-corrected chi connectivity index (χ3v) is 3.73. The van der Waals surface area contributed by atoms with Crippen LogP contribution in [0.3, 0.4) is 0 Å². The number of benzene rings is 2. The summed E-state index contributed by atoms with van der Waals surface area (Å²) in [5.41, 5.74) is 1.84. The summed E-state index contributed by atoms with van der Waals surface area (Å²) >= 11 is 21.4. The highest BCUT2D eigenvalue weighted by atomic mass is 79.9. The van der Waals surface area contributed by atoms with Gasteiger partial charge in [-0.3, -0.25) is 0 Å². The van der Waals surface area contributed by atoms with Crippen LogP contribution in [0.1, 0.15) is 5.56 Å². The lowest BCUT2D eigenvalue weighted by molar-refractivity contribution is 1.15. The molecular formula is C13H9BrCl3N. The van der Waals surface area contributed by atoms with Crippen LogP contribution in [-0.2, 0) is 6.54 Å². The Morgan fingerprint density at radius 1 is 0.944 bits per heavy atom. The van der Waals surface area contributed by atoms with Crippen molar-refractivity contribution in [1.82, 2.24) is 0 Å². The van der Waals surface area contributed by atoms with Crippen molar-refractivity contribution < 1.29 is 0 Å². The normalized spacial score (nSPS) is 10.4. The molecule has 0 aliphatic carbocycles. The van der Waals surface area contributed by atoms with Gasteiger partial charge in [-0.2, -0.15) is 0 Å². The van der Waals surface area contributed by atoms with Gasteiger partial charge in [0.2, 0.25) is 0 Å². The first-order chi connectivity index (χ1) is 8.56. The van der Waals surface area contributed by atoms with Crippen molar-refractivity contribution >= 4 is 56.4 Å². The Hall–Kier alpha value is -0.410. The average Bonchev–Trinajstić information content (AvgIpc) is 2.30. The summed E-state index contributed by atoms with van der Waals surface area (Å²) < 4.78 is 1.05. The van der Waals surface area contributed by atoms with Crippen molar-refractivity contribution in [3.05, 3.63) is 61.5 Å². The minimum atomic E-state index is 0.518. The van der Waals surface area contributed by atoms with Gasteiger partial charge in [0.05, 0.1) is 15.7 Å². The summed E-state index contributed by atoms with van der Waals surface area (Å²) in [6, 6.07) is 11.4. The minimum Gasteiger partial charge on any atom is -0.379 e. The van der Waals surface area contributed by atoms with Crippen molar-refractivity contribution in [2.75, 3.05) is 5.32 Å². The molecule has 0 spiro atoms. The molecule has 0 unspecified atom stereocenters. The molecule has 1 nitrogen and oxygen atoms in total. The Bertz CT molecular complexity index is 532. The lowest BCUT2D eigenvalue weighted by Crippen LogP contribution is -2.00. The van der Waals surface area contributed by atoms with Crippen molar-refractivity contribution in [3.8, 4) is 0 Å². The number of rotatable bonds is 3. The molecule has 94 valence electrons. The largest absolute Gasteiger partial charge is 0.379 e. The van der Waals surface area contributed by atoms with E-state index in [0.717, 1.165) is 10.0 Å². The SMILES string of the molecule is Clc1cc(Cl)c(NCc2ccc(Br)cc2)c(Cl)c1. The summed E-state index contributed by atoms with van der Waals surface area (Å²) in [6.07, 6.45) is 0. The Labute approximate surface area is 129 Å². The van der Waals surface area contributed by atoms with Gasteiger partial charge in [-0.15, -0.1) is 0 Å². The predicted octanol–water partition coefficient (Wildman–Crippen LogP) is 6.02. The maximum atomic E-state index is 6.09. The van der Waals surface area contributed by atoms with Gasteiger partial charge in [-0.1, -0.05) is 62.9 Å². The zero-order valence-electron chi connectivity index (χ0n) is 9.18. The summed E-state index contributed by atoms with van der Waals surface area (Å²) in [5.74, 6) is 0. The maximum Gasteiger partial charge on any atom is 0.0722 e. The maximum absolute atomic E-state index is 6.09. The summed E-state index contributed by atoms with van der Waals surface area (Å²) in [5, 5.41) is 4.77. The van der Waals surface area contributed by atoms with Gasteiger partial charge < -0.3 is 5.32 Å². The molecule has 0 aliphatic heterocycles. The molecule has 0 saturated carbocycles. The Morgan fingerprint density at radius 2 is 1.50 bits per heavy atom. The number of hydrogen-bond acceptors (Lipinski definition) is 1. The van der Waals surface area contributed by atoms with Crippen molar-refractivity contribution in [3.63, 3.8) is 0 Å². The second kappa shape index (κ2) is 6.16. The molecule has 0 radical (unpaired) electrons. The first-order valence-electron chi connectivity index (χ1n) is 5.19. The van der Waals surface area contributed by atoms with E-state index in [4.69, 9.17) is 34.8 Å². The van der Waals surface area contributed by atoms with Crippen molar-refractivity contribution in [2.24, 2.45) is 0 Å². The number of anilines is 1. The summed E-state index contributed by atoms with van der Waals surface area (Å²) in [4.78, 5) is 0. The van der Waals surface area contributed by atoms with Gasteiger partial charge in [0.25, 0.3) is 0 Å². The molecule has 0 atom stereocenters. The quantitative estimate of drug-likeness (QED) is 0.701. The molecule has 0 aromatic heterocycles. The fraction of sp³-hybridized carbons (Fsp3) is 0.0769. The molecule has 0 aliphatic rings. The van der Waals surface area contributed by atoms with Gasteiger partial charge in [0, 0.05) is 16.0 Å². The van der Waals surface area contributed by atoms with E-state index in [9.17, 15) is 0 Å². The van der Waals surface area contributed by atoms with Crippen LogP contribution < -0.4 is 5.32 Å². The molecular weight excluding hydrogens is 356 g/mol. The zero-order chi connectivity index (χ0) is 13.1. The van der Waals surface area contributed by atoms with Crippen LogP contribution in [0.2, 0.25) is 15.1 Å². The Balaban J connectivity index is 2.13. The van der Waals surface area contributed by atoms with Gasteiger partial charge in [0.15, 0.2) is 0 Å². The fourth-order valence-corrected chi connectivity index (χ4v) is 2.72. The van der Waals surface area contributed by atoms with Gasteiger partial charge >= 0.3 is 0 Å². The van der Waals surface area contributed by atoms with Crippen LogP contribution in [0.4, 0.5) is 5.69 Å². The molecule has 0 saturated heterocycles. The third kappa shape index (κ3) is 3.55. The average molecular weight is 365 g/mol. The lowest BCUT2D eigenvalue weighted by atomic mass is 10.2. The number of hydrogen-bond donors (Lipinski definition) is 1. The molecule has 5 heteroatoms. The van der Waals surface area contributed by atoms with Gasteiger partial charge in [-0.05, 0) is 29.8 Å². The number of halogens is 4. The van der Waals surface area contributed by atoms with E-state index in [1.807, 2.05) is 24.3 Å². The van der Waals surface area contributed by atoms with E-state index < -0.39 is 0 Å². The number of nitrogens with one attached hydrogen (secondary N) is 1. The molecule has 0 heterocycles. The first kappa shape index (κ1) is 14.0. The van der Waals surface area contributed by atoms with Crippen molar-refractivity contribution in [2.45, 2.75) is 6.54 Å². The molecule has 0 fully saturated rings. The Kier molecular flexibility index (Phi) is 4.79. The van der Waals surface area contributed by atoms with E-state index in [1.165, 1.54) is 0 Å². The Morgan fingerprint density at radius 3 is 2.06 bits per heavy atom. The highest BCUT2D eigenvalue weighted by Crippen LogP contribution is 2.33. The van der Waals surface area contributed by atoms with Crippen LogP contribution in [-0.4, -0.2) is 0 Å². The van der Waals surface area contributed by atoms with Crippen molar-refractivity contribution in [1.29, 1.82) is 0 Å². The van der Waals surface area contributed by atoms with Gasteiger partial charge in [-0.25, -0.2) is 0 Å². The van der Waals surface area contributed by atoms with Crippen LogP contribution in [0.25, 0.3) is 0 Å². The molecule has 0 bridgehead atoms. The molecule has 2 aromatic carbocycles. The van der Waals surface area contributed by atoms with E-state index in [1.54, 1.807) is 12.1 Å². The van der Waals surface area contributed by atoms with Crippen LogP contribution in [0.15, 0.2) is 40.9 Å². The molecule has 1 N–H and O–H groups in total. The van der Waals surface area contributed by atoms with E-state index >= 15 is 0 Å². The molecule has 18 heavy (non-hydrogen) atoms. The predicted molar refractivity (Wildman–Crippen MR) is 82.9 cm³/mol. The van der Waals surface area contributed by atoms with Crippen LogP contribution >= 0.6 is 50.7 Å². The molecule has 0 amide bonds.